The van der Waals surface area contributed by atoms with Crippen LogP contribution in [-0.4, -0.2) is 43.0 Å². The van der Waals surface area contributed by atoms with Crippen molar-refractivity contribution in [3.8, 4) is 0 Å². The summed E-state index contributed by atoms with van der Waals surface area (Å²) in [6.07, 6.45) is 3.71. The maximum absolute atomic E-state index is 2.70. The van der Waals surface area contributed by atoms with Crippen LogP contribution >= 0.6 is 0 Å². The Morgan fingerprint density at radius 2 is 1.38 bits per heavy atom. The number of likely N-dealkylation sites (N-methyl/N-ethyl adjacent to an activating group) is 1. The zero-order valence-corrected chi connectivity index (χ0v) is 19.3. The third-order valence-electron chi connectivity index (χ3n) is 7.19. The summed E-state index contributed by atoms with van der Waals surface area (Å²) >= 11 is 0. The first-order valence-electron chi connectivity index (χ1n) is 12.1. The molecule has 0 aromatic heterocycles. The van der Waals surface area contributed by atoms with Crippen molar-refractivity contribution in [3.05, 3.63) is 101 Å². The lowest BCUT2D eigenvalue weighted by molar-refractivity contribution is 0.161. The molecular formula is C29H35N3. The lowest BCUT2D eigenvalue weighted by atomic mass is 9.85. The predicted molar refractivity (Wildman–Crippen MR) is 134 cm³/mol. The van der Waals surface area contributed by atoms with Crippen molar-refractivity contribution >= 4 is 5.69 Å². The van der Waals surface area contributed by atoms with E-state index in [1.165, 1.54) is 36.1 Å². The minimum atomic E-state index is 0.464. The minimum Gasteiger partial charge on any atom is -0.369 e. The van der Waals surface area contributed by atoms with E-state index in [4.69, 9.17) is 0 Å². The molecule has 1 heterocycles. The summed E-state index contributed by atoms with van der Waals surface area (Å²) in [5.74, 6) is 0. The van der Waals surface area contributed by atoms with Crippen molar-refractivity contribution in [3.63, 3.8) is 0 Å². The molecule has 1 aliphatic heterocycles. The van der Waals surface area contributed by atoms with E-state index < -0.39 is 0 Å². The molecule has 0 amide bonds. The zero-order chi connectivity index (χ0) is 21.8. The fraction of sp³-hybridized carbons (Fsp3) is 0.379. The Morgan fingerprint density at radius 1 is 0.750 bits per heavy atom. The first kappa shape index (κ1) is 21.2. The molecular weight excluding hydrogens is 390 g/mol. The average molecular weight is 426 g/mol. The van der Waals surface area contributed by atoms with E-state index in [1.807, 2.05) is 0 Å². The van der Waals surface area contributed by atoms with Gasteiger partial charge < -0.3 is 9.80 Å². The van der Waals surface area contributed by atoms with Gasteiger partial charge in [0.1, 0.15) is 0 Å². The zero-order valence-electron chi connectivity index (χ0n) is 19.3. The molecule has 166 valence electrons. The van der Waals surface area contributed by atoms with Gasteiger partial charge in [0, 0.05) is 51.0 Å². The van der Waals surface area contributed by atoms with Crippen molar-refractivity contribution in [2.45, 2.75) is 38.4 Å². The number of hydrogen-bond acceptors (Lipinski definition) is 3. The Morgan fingerprint density at radius 3 is 2.00 bits per heavy atom. The first-order chi connectivity index (χ1) is 15.8. The van der Waals surface area contributed by atoms with Crippen molar-refractivity contribution in [1.29, 1.82) is 0 Å². The van der Waals surface area contributed by atoms with E-state index in [2.05, 4.69) is 101 Å². The molecule has 1 saturated heterocycles. The molecule has 0 radical (unpaired) electrons. The lowest BCUT2D eigenvalue weighted by Crippen LogP contribution is -2.45. The molecule has 5 rings (SSSR count). The highest BCUT2D eigenvalue weighted by molar-refractivity contribution is 5.59. The van der Waals surface area contributed by atoms with Crippen LogP contribution in [0.1, 0.15) is 41.1 Å². The first-order valence-corrected chi connectivity index (χ1v) is 12.1. The standard InChI is InChI=1S/C29H35N3/c1-30-18-20-31(21-19-30)28-16-8-15-27-26(28)14-9-17-29(27)32(22-24-10-4-2-5-11-24)23-25-12-6-3-7-13-25/h2-8,10-13,15-16,29H,9,14,17-23H2,1H3. The highest BCUT2D eigenvalue weighted by atomic mass is 15.2. The molecule has 0 spiro atoms. The Kier molecular flexibility index (Phi) is 6.56. The molecule has 3 nitrogen and oxygen atoms in total. The molecule has 3 heteroatoms. The van der Waals surface area contributed by atoms with Crippen molar-refractivity contribution < 1.29 is 0 Å². The molecule has 2 aliphatic rings. The summed E-state index contributed by atoms with van der Waals surface area (Å²) < 4.78 is 0. The van der Waals surface area contributed by atoms with Gasteiger partial charge in [-0.1, -0.05) is 72.8 Å². The number of rotatable bonds is 6. The molecule has 32 heavy (non-hydrogen) atoms. The highest BCUT2D eigenvalue weighted by Gasteiger charge is 2.29. The van der Waals surface area contributed by atoms with Crippen LogP contribution in [0.2, 0.25) is 0 Å². The second-order valence-corrected chi connectivity index (χ2v) is 9.42. The number of hydrogen-bond donors (Lipinski definition) is 0. The van der Waals surface area contributed by atoms with Crippen LogP contribution in [0, 0.1) is 0 Å². The molecule has 0 bridgehead atoms. The number of fused-ring (bicyclic) bond motifs is 1. The predicted octanol–water partition coefficient (Wildman–Crippen LogP) is 5.52. The Labute approximate surface area is 193 Å². The summed E-state index contributed by atoms with van der Waals surface area (Å²) in [7, 11) is 2.23. The average Bonchev–Trinajstić information content (AvgIpc) is 2.85. The van der Waals surface area contributed by atoms with Crippen LogP contribution in [0.4, 0.5) is 5.69 Å². The van der Waals surface area contributed by atoms with Gasteiger partial charge in [-0.15, -0.1) is 0 Å². The van der Waals surface area contributed by atoms with Crippen LogP contribution in [0.25, 0.3) is 0 Å². The summed E-state index contributed by atoms with van der Waals surface area (Å²) in [5.41, 5.74) is 7.43. The van der Waals surface area contributed by atoms with E-state index in [0.29, 0.717) is 6.04 Å². The third-order valence-corrected chi connectivity index (χ3v) is 7.19. The van der Waals surface area contributed by atoms with Crippen molar-refractivity contribution in [1.82, 2.24) is 9.80 Å². The van der Waals surface area contributed by atoms with Gasteiger partial charge in [0.25, 0.3) is 0 Å². The van der Waals surface area contributed by atoms with Gasteiger partial charge in [0.15, 0.2) is 0 Å². The van der Waals surface area contributed by atoms with Crippen LogP contribution in [0.15, 0.2) is 78.9 Å². The van der Waals surface area contributed by atoms with Gasteiger partial charge in [-0.2, -0.15) is 0 Å². The highest BCUT2D eigenvalue weighted by Crippen LogP contribution is 2.40. The maximum Gasteiger partial charge on any atom is 0.0403 e. The molecule has 3 aromatic rings. The summed E-state index contributed by atoms with van der Waals surface area (Å²) in [6, 6.07) is 29.5. The summed E-state index contributed by atoms with van der Waals surface area (Å²) in [5, 5.41) is 0. The van der Waals surface area contributed by atoms with E-state index in [-0.39, 0.29) is 0 Å². The second-order valence-electron chi connectivity index (χ2n) is 9.42. The lowest BCUT2D eigenvalue weighted by Gasteiger charge is -2.40. The number of nitrogens with zero attached hydrogens (tertiary/aromatic N) is 3. The largest absolute Gasteiger partial charge is 0.369 e. The minimum absolute atomic E-state index is 0.464. The SMILES string of the molecule is CN1CCN(c2cccc3c2CCCC3N(Cc2ccccc2)Cc2ccccc2)CC1. The molecule has 1 unspecified atom stereocenters. The van der Waals surface area contributed by atoms with Crippen molar-refractivity contribution in [2.75, 3.05) is 38.1 Å². The maximum atomic E-state index is 2.70. The third kappa shape index (κ3) is 4.74. The van der Waals surface area contributed by atoms with Gasteiger partial charge in [-0.05, 0) is 54.6 Å². The Balaban J connectivity index is 1.47. The van der Waals surface area contributed by atoms with E-state index >= 15 is 0 Å². The fourth-order valence-corrected chi connectivity index (χ4v) is 5.44. The molecule has 1 atom stereocenters. The molecule has 1 aliphatic carbocycles. The van der Waals surface area contributed by atoms with E-state index in [0.717, 1.165) is 39.3 Å². The van der Waals surface area contributed by atoms with Crippen LogP contribution in [-0.2, 0) is 19.5 Å². The normalized spacial score (nSPS) is 19.2. The van der Waals surface area contributed by atoms with Gasteiger partial charge in [0.2, 0.25) is 0 Å². The van der Waals surface area contributed by atoms with Crippen LogP contribution in [0.5, 0.6) is 0 Å². The Bertz CT molecular complexity index is 952. The quantitative estimate of drug-likeness (QED) is 0.515. The molecule has 1 fully saturated rings. The number of anilines is 1. The molecule has 3 aromatic carbocycles. The monoisotopic (exact) mass is 425 g/mol. The van der Waals surface area contributed by atoms with Gasteiger partial charge >= 0.3 is 0 Å². The topological polar surface area (TPSA) is 9.72 Å². The summed E-state index contributed by atoms with van der Waals surface area (Å²) in [4.78, 5) is 7.77. The molecule has 0 N–H and O–H groups in total. The van der Waals surface area contributed by atoms with E-state index in [1.54, 1.807) is 11.1 Å². The summed E-state index contributed by atoms with van der Waals surface area (Å²) in [6.45, 7) is 6.55. The molecule has 0 saturated carbocycles. The number of piperazine rings is 1. The van der Waals surface area contributed by atoms with Gasteiger partial charge in [0.05, 0.1) is 0 Å². The fourth-order valence-electron chi connectivity index (χ4n) is 5.44. The second kappa shape index (κ2) is 9.89. The van der Waals surface area contributed by atoms with Gasteiger partial charge in [-0.3, -0.25) is 4.90 Å². The van der Waals surface area contributed by atoms with E-state index in [9.17, 15) is 0 Å². The smallest absolute Gasteiger partial charge is 0.0403 e. The van der Waals surface area contributed by atoms with Crippen molar-refractivity contribution in [2.24, 2.45) is 0 Å². The van der Waals surface area contributed by atoms with Crippen LogP contribution < -0.4 is 4.90 Å². The van der Waals surface area contributed by atoms with Gasteiger partial charge in [-0.25, -0.2) is 0 Å². The number of benzene rings is 3. The van der Waals surface area contributed by atoms with Crippen LogP contribution in [0.3, 0.4) is 0 Å². The Hall–Kier alpha value is -2.62.